The highest BCUT2D eigenvalue weighted by molar-refractivity contribution is 6.37. The lowest BCUT2D eigenvalue weighted by Crippen LogP contribution is -1.66. The summed E-state index contributed by atoms with van der Waals surface area (Å²) in [5.74, 6) is 0. The normalized spacial score (nSPS) is 11.8. The van der Waals surface area contributed by atoms with Gasteiger partial charge >= 0.3 is 0 Å². The van der Waals surface area contributed by atoms with E-state index in [2.05, 4.69) is 0 Å². The summed E-state index contributed by atoms with van der Waals surface area (Å²) in [5, 5.41) is 2.48. The summed E-state index contributed by atoms with van der Waals surface area (Å²) in [6, 6.07) is 13.4. The SMILES string of the molecule is Clc1cccc2oc3c4ccccc4oc3c12. The summed E-state index contributed by atoms with van der Waals surface area (Å²) >= 11 is 6.18. The second kappa shape index (κ2) is 3.05. The van der Waals surface area contributed by atoms with Crippen LogP contribution >= 0.6 is 11.6 Å². The predicted octanol–water partition coefficient (Wildman–Crippen LogP) is 4.99. The van der Waals surface area contributed by atoms with E-state index in [0.717, 1.165) is 33.1 Å². The lowest BCUT2D eigenvalue weighted by Gasteiger charge is -1.91. The maximum Gasteiger partial charge on any atom is 0.183 e. The van der Waals surface area contributed by atoms with Crippen LogP contribution in [0.1, 0.15) is 0 Å². The van der Waals surface area contributed by atoms with E-state index in [4.69, 9.17) is 20.4 Å². The van der Waals surface area contributed by atoms with Crippen molar-refractivity contribution in [3.05, 3.63) is 47.5 Å². The number of halogens is 1. The lowest BCUT2D eigenvalue weighted by atomic mass is 10.2. The molecule has 0 aliphatic rings. The van der Waals surface area contributed by atoms with Gasteiger partial charge in [-0.3, -0.25) is 0 Å². The Labute approximate surface area is 101 Å². The molecule has 0 aliphatic heterocycles. The Hall–Kier alpha value is -1.93. The van der Waals surface area contributed by atoms with Gasteiger partial charge in [0, 0.05) is 0 Å². The van der Waals surface area contributed by atoms with Gasteiger partial charge in [0.25, 0.3) is 0 Å². The number of para-hydroxylation sites is 1. The molecule has 2 aromatic heterocycles. The Morgan fingerprint density at radius 2 is 1.53 bits per heavy atom. The fraction of sp³-hybridized carbons (Fsp3) is 0. The number of hydrogen-bond donors (Lipinski definition) is 0. The van der Waals surface area contributed by atoms with E-state index in [1.54, 1.807) is 0 Å². The first-order valence-corrected chi connectivity index (χ1v) is 5.70. The van der Waals surface area contributed by atoms with E-state index < -0.39 is 0 Å². The molecule has 0 fully saturated rings. The molecule has 0 aliphatic carbocycles. The maximum atomic E-state index is 6.18. The molecule has 0 radical (unpaired) electrons. The zero-order valence-electron chi connectivity index (χ0n) is 8.74. The van der Waals surface area contributed by atoms with E-state index >= 15 is 0 Å². The summed E-state index contributed by atoms with van der Waals surface area (Å²) in [6.07, 6.45) is 0. The second-order valence-electron chi connectivity index (χ2n) is 3.97. The van der Waals surface area contributed by atoms with Crippen molar-refractivity contribution in [2.24, 2.45) is 0 Å². The van der Waals surface area contributed by atoms with Crippen LogP contribution in [0.2, 0.25) is 5.02 Å². The summed E-state index contributed by atoms with van der Waals surface area (Å²) < 4.78 is 11.6. The molecule has 0 amide bonds. The quantitative estimate of drug-likeness (QED) is 0.434. The molecule has 0 N–H and O–H groups in total. The van der Waals surface area contributed by atoms with E-state index in [9.17, 15) is 0 Å². The van der Waals surface area contributed by atoms with Gasteiger partial charge in [-0.2, -0.15) is 0 Å². The van der Waals surface area contributed by atoms with Crippen LogP contribution in [0, 0.1) is 0 Å². The molecule has 0 spiro atoms. The molecule has 2 aromatic carbocycles. The Morgan fingerprint density at radius 1 is 0.765 bits per heavy atom. The molecular formula is C14H7ClO2. The standard InChI is InChI=1S/C14H7ClO2/c15-9-5-3-7-11-12(9)14-13(17-11)8-4-1-2-6-10(8)16-14/h1-7H. The highest BCUT2D eigenvalue weighted by Crippen LogP contribution is 2.39. The zero-order valence-corrected chi connectivity index (χ0v) is 9.49. The van der Waals surface area contributed by atoms with Gasteiger partial charge in [-0.15, -0.1) is 0 Å². The summed E-state index contributed by atoms with van der Waals surface area (Å²) in [7, 11) is 0. The lowest BCUT2D eigenvalue weighted by molar-refractivity contribution is 0.653. The molecule has 82 valence electrons. The van der Waals surface area contributed by atoms with Gasteiger partial charge in [0.2, 0.25) is 0 Å². The van der Waals surface area contributed by atoms with Gasteiger partial charge < -0.3 is 8.83 Å². The van der Waals surface area contributed by atoms with Crippen LogP contribution in [0.4, 0.5) is 0 Å². The summed E-state index contributed by atoms with van der Waals surface area (Å²) in [6.45, 7) is 0. The molecule has 2 nitrogen and oxygen atoms in total. The topological polar surface area (TPSA) is 26.3 Å². The number of fused-ring (bicyclic) bond motifs is 5. The first-order chi connectivity index (χ1) is 8.34. The van der Waals surface area contributed by atoms with E-state index in [1.807, 2.05) is 42.5 Å². The molecule has 17 heavy (non-hydrogen) atoms. The zero-order chi connectivity index (χ0) is 11.4. The highest BCUT2D eigenvalue weighted by atomic mass is 35.5. The molecule has 3 heteroatoms. The van der Waals surface area contributed by atoms with Crippen LogP contribution in [-0.4, -0.2) is 0 Å². The van der Waals surface area contributed by atoms with Gasteiger partial charge in [0.15, 0.2) is 11.2 Å². The van der Waals surface area contributed by atoms with Crippen LogP contribution in [-0.2, 0) is 0 Å². The van der Waals surface area contributed by atoms with Crippen LogP contribution < -0.4 is 0 Å². The van der Waals surface area contributed by atoms with E-state index in [-0.39, 0.29) is 0 Å². The van der Waals surface area contributed by atoms with E-state index in [0.29, 0.717) is 5.02 Å². The molecule has 0 saturated heterocycles. The van der Waals surface area contributed by atoms with Crippen molar-refractivity contribution in [3.8, 4) is 0 Å². The smallest absolute Gasteiger partial charge is 0.183 e. The van der Waals surface area contributed by atoms with Crippen molar-refractivity contribution < 1.29 is 8.83 Å². The second-order valence-corrected chi connectivity index (χ2v) is 4.38. The van der Waals surface area contributed by atoms with Crippen LogP contribution in [0.25, 0.3) is 33.1 Å². The summed E-state index contributed by atoms with van der Waals surface area (Å²) in [4.78, 5) is 0. The molecular weight excluding hydrogens is 236 g/mol. The monoisotopic (exact) mass is 242 g/mol. The van der Waals surface area contributed by atoms with Crippen LogP contribution in [0.15, 0.2) is 51.3 Å². The number of benzene rings is 2. The minimum Gasteiger partial charge on any atom is -0.452 e. The third-order valence-corrected chi connectivity index (χ3v) is 3.28. The van der Waals surface area contributed by atoms with Gasteiger partial charge in [-0.1, -0.05) is 29.8 Å². The van der Waals surface area contributed by atoms with Crippen molar-refractivity contribution in [2.45, 2.75) is 0 Å². The first-order valence-electron chi connectivity index (χ1n) is 5.33. The highest BCUT2D eigenvalue weighted by Gasteiger charge is 2.16. The Morgan fingerprint density at radius 3 is 2.47 bits per heavy atom. The van der Waals surface area contributed by atoms with Gasteiger partial charge in [0.1, 0.15) is 11.2 Å². The third kappa shape index (κ3) is 1.10. The Kier molecular flexibility index (Phi) is 1.64. The van der Waals surface area contributed by atoms with Crippen LogP contribution in [0.5, 0.6) is 0 Å². The van der Waals surface area contributed by atoms with Crippen molar-refractivity contribution in [3.63, 3.8) is 0 Å². The maximum absolute atomic E-state index is 6.18. The minimum absolute atomic E-state index is 0.653. The van der Waals surface area contributed by atoms with E-state index in [1.165, 1.54) is 0 Å². The van der Waals surface area contributed by atoms with Crippen molar-refractivity contribution in [1.82, 2.24) is 0 Å². The molecule has 4 aromatic rings. The Balaban J connectivity index is 2.35. The van der Waals surface area contributed by atoms with Crippen molar-refractivity contribution >= 4 is 44.7 Å². The number of rotatable bonds is 0. The van der Waals surface area contributed by atoms with Crippen LogP contribution in [0.3, 0.4) is 0 Å². The molecule has 2 heterocycles. The molecule has 0 atom stereocenters. The van der Waals surface area contributed by atoms with Gasteiger partial charge in [0.05, 0.1) is 15.8 Å². The molecule has 0 bridgehead atoms. The fourth-order valence-corrected chi connectivity index (χ4v) is 2.46. The predicted molar refractivity (Wildman–Crippen MR) is 68.5 cm³/mol. The molecule has 0 unspecified atom stereocenters. The first kappa shape index (κ1) is 9.14. The Bertz CT molecular complexity index is 854. The number of furan rings is 2. The third-order valence-electron chi connectivity index (χ3n) is 2.96. The fourth-order valence-electron chi connectivity index (χ4n) is 2.21. The van der Waals surface area contributed by atoms with Gasteiger partial charge in [-0.05, 0) is 24.3 Å². The average molecular weight is 243 g/mol. The largest absolute Gasteiger partial charge is 0.452 e. The van der Waals surface area contributed by atoms with Crippen molar-refractivity contribution in [1.29, 1.82) is 0 Å². The number of hydrogen-bond acceptors (Lipinski definition) is 2. The molecule has 4 rings (SSSR count). The average Bonchev–Trinajstić information content (AvgIpc) is 2.85. The molecule has 0 saturated carbocycles. The van der Waals surface area contributed by atoms with Crippen molar-refractivity contribution in [2.75, 3.05) is 0 Å². The summed E-state index contributed by atoms with van der Waals surface area (Å²) in [5.41, 5.74) is 3.08. The minimum atomic E-state index is 0.653. The van der Waals surface area contributed by atoms with Gasteiger partial charge in [-0.25, -0.2) is 0 Å².